The van der Waals surface area contributed by atoms with Gasteiger partial charge in [0.05, 0.1) is 25.3 Å². The van der Waals surface area contributed by atoms with E-state index in [1.165, 1.54) is 7.11 Å². The number of imidazole rings is 1. The van der Waals surface area contributed by atoms with Gasteiger partial charge in [-0.1, -0.05) is 15.9 Å². The number of benzene rings is 1. The third kappa shape index (κ3) is 2.40. The molecule has 6 nitrogen and oxygen atoms in total. The Morgan fingerprint density at radius 2 is 2.32 bits per heavy atom. The van der Waals surface area contributed by atoms with Gasteiger partial charge in [0.15, 0.2) is 5.69 Å². The summed E-state index contributed by atoms with van der Waals surface area (Å²) in [6.45, 7) is 1.77. The fraction of sp³-hybridized carbons (Fsp3) is 0.333. The largest absolute Gasteiger partial charge is 0.485 e. The highest BCUT2D eigenvalue weighted by atomic mass is 79.9. The summed E-state index contributed by atoms with van der Waals surface area (Å²) in [5, 5.41) is 9.59. The number of carbonyl (C=O) groups excluding carboxylic acids is 1. The first-order valence-corrected chi connectivity index (χ1v) is 7.59. The predicted octanol–water partition coefficient (Wildman–Crippen LogP) is 2.41. The Morgan fingerprint density at radius 1 is 1.55 bits per heavy atom. The molecule has 1 aliphatic heterocycles. The van der Waals surface area contributed by atoms with Gasteiger partial charge in [0.25, 0.3) is 0 Å². The van der Waals surface area contributed by atoms with Crippen LogP contribution >= 0.6 is 15.9 Å². The monoisotopic (exact) mass is 366 g/mol. The topological polar surface area (TPSA) is 73.6 Å². The van der Waals surface area contributed by atoms with Crippen molar-refractivity contribution in [1.29, 1.82) is 0 Å². The van der Waals surface area contributed by atoms with Crippen molar-refractivity contribution in [2.75, 3.05) is 13.7 Å². The summed E-state index contributed by atoms with van der Waals surface area (Å²) in [6, 6.07) is 5.37. The molecule has 0 radical (unpaired) electrons. The summed E-state index contributed by atoms with van der Waals surface area (Å²) in [4.78, 5) is 16.2. The molecule has 1 aromatic heterocycles. The molecule has 0 bridgehead atoms. The minimum Gasteiger partial charge on any atom is -0.485 e. The number of carbonyl (C=O) groups is 1. The van der Waals surface area contributed by atoms with Gasteiger partial charge in [-0.15, -0.1) is 0 Å². The number of ether oxygens (including phenoxy) is 2. The minimum absolute atomic E-state index is 0.137. The molecule has 1 aromatic carbocycles. The first-order chi connectivity index (χ1) is 10.5. The van der Waals surface area contributed by atoms with Gasteiger partial charge >= 0.3 is 5.97 Å². The molecular formula is C15H15BrN2O4. The summed E-state index contributed by atoms with van der Waals surface area (Å²) in [6.07, 6.45) is 1.20. The highest BCUT2D eigenvalue weighted by Gasteiger charge is 2.30. The number of esters is 1. The van der Waals surface area contributed by atoms with Crippen LogP contribution in [0.4, 0.5) is 0 Å². The van der Waals surface area contributed by atoms with Crippen LogP contribution in [0.5, 0.6) is 5.75 Å². The van der Waals surface area contributed by atoms with E-state index < -0.39 is 12.1 Å². The number of hydrogen-bond acceptors (Lipinski definition) is 5. The Bertz CT molecular complexity index is 728. The SMILES string of the molecule is COC(=O)c1cn2c(n1)-c1cc(Br)ccc1OC(CO)C2C. The number of halogens is 1. The maximum Gasteiger partial charge on any atom is 0.358 e. The average molecular weight is 367 g/mol. The first-order valence-electron chi connectivity index (χ1n) is 6.79. The van der Waals surface area contributed by atoms with E-state index in [0.29, 0.717) is 11.6 Å². The zero-order chi connectivity index (χ0) is 15.9. The molecule has 0 amide bonds. The first kappa shape index (κ1) is 15.1. The zero-order valence-corrected chi connectivity index (χ0v) is 13.7. The van der Waals surface area contributed by atoms with E-state index in [0.717, 1.165) is 10.0 Å². The third-order valence-corrected chi connectivity index (χ3v) is 4.24. The summed E-state index contributed by atoms with van der Waals surface area (Å²) in [5.41, 5.74) is 0.987. The molecule has 0 aliphatic carbocycles. The Hall–Kier alpha value is -1.86. The van der Waals surface area contributed by atoms with Gasteiger partial charge < -0.3 is 19.1 Å². The van der Waals surface area contributed by atoms with Crippen molar-refractivity contribution < 1.29 is 19.4 Å². The fourth-order valence-electron chi connectivity index (χ4n) is 2.52. The average Bonchev–Trinajstić information content (AvgIpc) is 2.93. The van der Waals surface area contributed by atoms with Gasteiger partial charge in [0.1, 0.15) is 17.7 Å². The smallest absolute Gasteiger partial charge is 0.358 e. The highest BCUT2D eigenvalue weighted by molar-refractivity contribution is 9.10. The summed E-state index contributed by atoms with van der Waals surface area (Å²) < 4.78 is 13.3. The maximum absolute atomic E-state index is 11.8. The van der Waals surface area contributed by atoms with E-state index in [2.05, 4.69) is 20.9 Å². The van der Waals surface area contributed by atoms with Gasteiger partial charge in [-0.05, 0) is 25.1 Å². The molecular weight excluding hydrogens is 352 g/mol. The van der Waals surface area contributed by atoms with E-state index in [-0.39, 0.29) is 18.3 Å². The number of aliphatic hydroxyl groups is 1. The van der Waals surface area contributed by atoms with Crippen LogP contribution in [0.3, 0.4) is 0 Å². The third-order valence-electron chi connectivity index (χ3n) is 3.74. The molecule has 2 heterocycles. The maximum atomic E-state index is 11.8. The van der Waals surface area contributed by atoms with Crippen LogP contribution in [0, 0.1) is 0 Å². The number of nitrogens with zero attached hydrogens (tertiary/aromatic N) is 2. The second kappa shape index (κ2) is 5.73. The van der Waals surface area contributed by atoms with Crippen molar-refractivity contribution in [1.82, 2.24) is 9.55 Å². The van der Waals surface area contributed by atoms with E-state index in [1.54, 1.807) is 6.20 Å². The number of fused-ring (bicyclic) bond motifs is 3. The summed E-state index contributed by atoms with van der Waals surface area (Å²) in [7, 11) is 1.32. The van der Waals surface area contributed by atoms with Gasteiger partial charge in [0, 0.05) is 10.7 Å². The lowest BCUT2D eigenvalue weighted by molar-refractivity contribution is 0.0593. The predicted molar refractivity (Wildman–Crippen MR) is 82.9 cm³/mol. The zero-order valence-electron chi connectivity index (χ0n) is 12.1. The van der Waals surface area contributed by atoms with Crippen molar-refractivity contribution >= 4 is 21.9 Å². The lowest BCUT2D eigenvalue weighted by atomic mass is 10.2. The lowest BCUT2D eigenvalue weighted by Crippen LogP contribution is -2.29. The van der Waals surface area contributed by atoms with Crippen LogP contribution in [0.15, 0.2) is 28.9 Å². The van der Waals surface area contributed by atoms with Crippen LogP contribution in [0.1, 0.15) is 23.5 Å². The molecule has 7 heteroatoms. The molecule has 0 fully saturated rings. The Kier molecular flexibility index (Phi) is 3.92. The second-order valence-corrected chi connectivity index (χ2v) is 5.98. The Morgan fingerprint density at radius 3 is 3.00 bits per heavy atom. The van der Waals surface area contributed by atoms with Gasteiger partial charge in [0.2, 0.25) is 0 Å². The highest BCUT2D eigenvalue weighted by Crippen LogP contribution is 2.38. The van der Waals surface area contributed by atoms with Crippen molar-refractivity contribution in [3.05, 3.63) is 34.6 Å². The van der Waals surface area contributed by atoms with Crippen LogP contribution in [0.2, 0.25) is 0 Å². The normalized spacial score (nSPS) is 19.6. The molecule has 0 spiro atoms. The van der Waals surface area contributed by atoms with Gasteiger partial charge in [-0.25, -0.2) is 9.78 Å². The molecule has 116 valence electrons. The number of aliphatic hydroxyl groups excluding tert-OH is 1. The molecule has 2 unspecified atom stereocenters. The number of aromatic nitrogens is 2. The molecule has 0 saturated carbocycles. The van der Waals surface area contributed by atoms with Crippen molar-refractivity contribution in [2.24, 2.45) is 0 Å². The minimum atomic E-state index is -0.495. The molecule has 2 atom stereocenters. The molecule has 1 N–H and O–H groups in total. The quantitative estimate of drug-likeness (QED) is 0.826. The van der Waals surface area contributed by atoms with Gasteiger partial charge in [-0.2, -0.15) is 0 Å². The molecule has 1 aliphatic rings. The number of methoxy groups -OCH3 is 1. The van der Waals surface area contributed by atoms with Crippen LogP contribution in [-0.2, 0) is 4.74 Å². The van der Waals surface area contributed by atoms with Crippen molar-refractivity contribution in [3.8, 4) is 17.1 Å². The van der Waals surface area contributed by atoms with E-state index in [1.807, 2.05) is 29.7 Å². The standard InChI is InChI=1S/C15H15BrN2O4/c1-8-13(7-19)22-12-4-3-9(16)5-10(12)14-17-11(6-18(8)14)15(20)21-2/h3-6,8,13,19H,7H2,1-2H3. The van der Waals surface area contributed by atoms with Gasteiger partial charge in [-0.3, -0.25) is 0 Å². The van der Waals surface area contributed by atoms with Crippen molar-refractivity contribution in [2.45, 2.75) is 19.1 Å². The van der Waals surface area contributed by atoms with Crippen LogP contribution in [-0.4, -0.2) is 40.4 Å². The fourth-order valence-corrected chi connectivity index (χ4v) is 2.88. The number of hydrogen-bond donors (Lipinski definition) is 1. The van der Waals surface area contributed by atoms with Crippen LogP contribution < -0.4 is 4.74 Å². The Balaban J connectivity index is 2.22. The molecule has 3 rings (SSSR count). The summed E-state index contributed by atoms with van der Waals surface area (Å²) in [5.74, 6) is 0.737. The Labute approximate surface area is 135 Å². The van der Waals surface area contributed by atoms with E-state index in [4.69, 9.17) is 9.47 Å². The van der Waals surface area contributed by atoms with Crippen molar-refractivity contribution in [3.63, 3.8) is 0 Å². The van der Waals surface area contributed by atoms with E-state index >= 15 is 0 Å². The molecule has 2 aromatic rings. The van der Waals surface area contributed by atoms with Crippen LogP contribution in [0.25, 0.3) is 11.4 Å². The number of rotatable bonds is 2. The summed E-state index contributed by atoms with van der Waals surface area (Å²) >= 11 is 3.43. The van der Waals surface area contributed by atoms with E-state index in [9.17, 15) is 9.90 Å². The lowest BCUT2D eigenvalue weighted by Gasteiger charge is -2.22. The second-order valence-electron chi connectivity index (χ2n) is 5.07. The molecule has 0 saturated heterocycles. The molecule has 22 heavy (non-hydrogen) atoms.